The second-order valence-electron chi connectivity index (χ2n) is 6.87. The van der Waals surface area contributed by atoms with E-state index in [4.69, 9.17) is 11.6 Å². The maximum Gasteiger partial charge on any atom is 0.234 e. The van der Waals surface area contributed by atoms with Crippen molar-refractivity contribution >= 4 is 46.3 Å². The molecule has 2 aromatic heterocycles. The molecular weight excluding hydrogens is 412 g/mol. The average molecular weight is 433 g/mol. The van der Waals surface area contributed by atoms with Crippen LogP contribution >= 0.6 is 34.7 Å². The average Bonchev–Trinajstić information content (AvgIpc) is 3.27. The van der Waals surface area contributed by atoms with Gasteiger partial charge in [-0.1, -0.05) is 29.4 Å². The molecule has 1 N–H and O–H groups in total. The molecule has 28 heavy (non-hydrogen) atoms. The van der Waals surface area contributed by atoms with E-state index < -0.39 is 0 Å². The first-order valence-corrected chi connectivity index (χ1v) is 11.5. The Bertz CT molecular complexity index is 1030. The molecule has 1 aromatic carbocycles. The van der Waals surface area contributed by atoms with Gasteiger partial charge in [-0.15, -0.1) is 21.5 Å². The number of rotatable bonds is 5. The summed E-state index contributed by atoms with van der Waals surface area (Å²) >= 11 is 9.33. The molecule has 146 valence electrons. The summed E-state index contributed by atoms with van der Waals surface area (Å²) in [5.74, 6) is 1.06. The second kappa shape index (κ2) is 8.27. The molecule has 0 atom stereocenters. The maximum atomic E-state index is 12.4. The lowest BCUT2D eigenvalue weighted by Gasteiger charge is -2.12. The van der Waals surface area contributed by atoms with Gasteiger partial charge in [-0.05, 0) is 55.9 Å². The fourth-order valence-corrected chi connectivity index (χ4v) is 5.43. The predicted molar refractivity (Wildman–Crippen MR) is 117 cm³/mol. The van der Waals surface area contributed by atoms with Gasteiger partial charge in [-0.25, -0.2) is 0 Å². The van der Waals surface area contributed by atoms with E-state index in [-0.39, 0.29) is 11.7 Å². The highest BCUT2D eigenvalue weighted by Crippen LogP contribution is 2.36. The minimum absolute atomic E-state index is 0.0900. The molecule has 1 aliphatic carbocycles. The summed E-state index contributed by atoms with van der Waals surface area (Å²) in [5, 5.41) is 15.2. The number of amides is 1. The SMILES string of the molecule is Cc1c(Cl)cccc1NC(=O)CSc1nnc(-c2csc3c2CCCC3)n1C. The van der Waals surface area contributed by atoms with E-state index in [0.717, 1.165) is 28.7 Å². The number of anilines is 1. The Kier molecular flexibility index (Phi) is 5.75. The summed E-state index contributed by atoms with van der Waals surface area (Å²) in [6, 6.07) is 5.49. The van der Waals surface area contributed by atoms with Gasteiger partial charge in [0.25, 0.3) is 0 Å². The number of aryl methyl sites for hydroxylation is 1. The maximum absolute atomic E-state index is 12.4. The number of aromatic nitrogens is 3. The molecular formula is C20H21ClN4OS2. The van der Waals surface area contributed by atoms with Crippen molar-refractivity contribution < 1.29 is 4.79 Å². The Hall–Kier alpha value is -1.83. The molecule has 0 radical (unpaired) electrons. The monoisotopic (exact) mass is 432 g/mol. The molecule has 0 unspecified atom stereocenters. The van der Waals surface area contributed by atoms with Crippen molar-refractivity contribution in [2.75, 3.05) is 11.1 Å². The Balaban J connectivity index is 1.44. The van der Waals surface area contributed by atoms with Crippen LogP contribution in [-0.4, -0.2) is 26.4 Å². The molecule has 0 bridgehead atoms. The molecule has 0 aliphatic heterocycles. The summed E-state index contributed by atoms with van der Waals surface area (Å²) in [6.07, 6.45) is 4.79. The van der Waals surface area contributed by atoms with E-state index in [0.29, 0.717) is 5.02 Å². The number of nitrogens with one attached hydrogen (secondary N) is 1. The number of hydrogen-bond donors (Lipinski definition) is 1. The van der Waals surface area contributed by atoms with Crippen molar-refractivity contribution in [1.82, 2.24) is 14.8 Å². The summed E-state index contributed by atoms with van der Waals surface area (Å²) in [5.41, 5.74) is 4.23. The lowest BCUT2D eigenvalue weighted by atomic mass is 9.96. The zero-order valence-electron chi connectivity index (χ0n) is 15.8. The first-order valence-electron chi connectivity index (χ1n) is 9.21. The number of fused-ring (bicyclic) bond motifs is 1. The van der Waals surface area contributed by atoms with E-state index in [9.17, 15) is 4.79 Å². The number of benzene rings is 1. The molecule has 5 nitrogen and oxygen atoms in total. The summed E-state index contributed by atoms with van der Waals surface area (Å²) in [4.78, 5) is 13.8. The van der Waals surface area contributed by atoms with Crippen molar-refractivity contribution in [3.05, 3.63) is 44.6 Å². The van der Waals surface area contributed by atoms with Crippen LogP contribution in [0.3, 0.4) is 0 Å². The standard InChI is InChI=1S/C20H21ClN4OS2/c1-12-15(21)7-5-8-16(12)22-18(26)11-28-20-24-23-19(25(20)2)14-10-27-17-9-4-3-6-13(14)17/h5,7-8,10H,3-4,6,9,11H2,1-2H3,(H,22,26). The zero-order valence-corrected chi connectivity index (χ0v) is 18.2. The van der Waals surface area contributed by atoms with Crippen molar-refractivity contribution in [1.29, 1.82) is 0 Å². The first-order chi connectivity index (χ1) is 13.5. The van der Waals surface area contributed by atoms with Gasteiger partial charge in [-0.3, -0.25) is 4.79 Å². The zero-order chi connectivity index (χ0) is 19.7. The van der Waals surface area contributed by atoms with E-state index in [1.807, 2.05) is 48.1 Å². The van der Waals surface area contributed by atoms with Crippen molar-refractivity contribution in [2.24, 2.45) is 7.05 Å². The van der Waals surface area contributed by atoms with Gasteiger partial charge in [0.1, 0.15) is 0 Å². The van der Waals surface area contributed by atoms with Gasteiger partial charge >= 0.3 is 0 Å². The number of carbonyl (C=O) groups excluding carboxylic acids is 1. The highest BCUT2D eigenvalue weighted by molar-refractivity contribution is 7.99. The third kappa shape index (κ3) is 3.83. The quantitative estimate of drug-likeness (QED) is 0.569. The summed E-state index contributed by atoms with van der Waals surface area (Å²) in [6.45, 7) is 1.89. The molecule has 0 spiro atoms. The number of halogens is 1. The highest BCUT2D eigenvalue weighted by Gasteiger charge is 2.21. The van der Waals surface area contributed by atoms with Gasteiger partial charge in [0.15, 0.2) is 11.0 Å². The molecule has 3 aromatic rings. The van der Waals surface area contributed by atoms with Gasteiger partial charge in [0.2, 0.25) is 5.91 Å². The molecule has 0 fully saturated rings. The van der Waals surface area contributed by atoms with E-state index >= 15 is 0 Å². The second-order valence-corrected chi connectivity index (χ2v) is 9.19. The summed E-state index contributed by atoms with van der Waals surface area (Å²) in [7, 11) is 1.96. The molecule has 2 heterocycles. The number of carbonyl (C=O) groups is 1. The van der Waals surface area contributed by atoms with Gasteiger partial charge < -0.3 is 9.88 Å². The Labute approximate surface area is 177 Å². The number of thiophene rings is 1. The Morgan fingerprint density at radius 2 is 2.14 bits per heavy atom. The van der Waals surface area contributed by atoms with E-state index in [1.54, 1.807) is 0 Å². The molecule has 1 amide bonds. The van der Waals surface area contributed by atoms with E-state index in [2.05, 4.69) is 20.9 Å². The van der Waals surface area contributed by atoms with Crippen LogP contribution in [0.5, 0.6) is 0 Å². The van der Waals surface area contributed by atoms with Gasteiger partial charge in [0, 0.05) is 33.6 Å². The lowest BCUT2D eigenvalue weighted by molar-refractivity contribution is -0.113. The highest BCUT2D eigenvalue weighted by atomic mass is 35.5. The van der Waals surface area contributed by atoms with Crippen LogP contribution < -0.4 is 5.32 Å². The van der Waals surface area contributed by atoms with E-state index in [1.165, 1.54) is 47.0 Å². The number of hydrogen-bond acceptors (Lipinski definition) is 5. The van der Waals surface area contributed by atoms with Crippen molar-refractivity contribution in [3.63, 3.8) is 0 Å². The first kappa shape index (κ1) is 19.5. The van der Waals surface area contributed by atoms with Crippen LogP contribution in [0, 0.1) is 6.92 Å². The Morgan fingerprint density at radius 3 is 3.00 bits per heavy atom. The van der Waals surface area contributed by atoms with Crippen molar-refractivity contribution in [3.8, 4) is 11.4 Å². The molecule has 0 saturated heterocycles. The van der Waals surface area contributed by atoms with Crippen LogP contribution in [0.4, 0.5) is 5.69 Å². The largest absolute Gasteiger partial charge is 0.325 e. The van der Waals surface area contributed by atoms with Crippen LogP contribution in [0.15, 0.2) is 28.7 Å². The van der Waals surface area contributed by atoms with Gasteiger partial charge in [-0.2, -0.15) is 0 Å². The van der Waals surface area contributed by atoms with Crippen LogP contribution in [0.1, 0.15) is 28.8 Å². The molecule has 4 rings (SSSR count). The lowest BCUT2D eigenvalue weighted by Crippen LogP contribution is -2.15. The minimum Gasteiger partial charge on any atom is -0.325 e. The fraction of sp³-hybridized carbons (Fsp3) is 0.350. The Morgan fingerprint density at radius 1 is 1.32 bits per heavy atom. The van der Waals surface area contributed by atoms with Crippen LogP contribution in [0.25, 0.3) is 11.4 Å². The minimum atomic E-state index is -0.0900. The normalized spacial score (nSPS) is 13.4. The summed E-state index contributed by atoms with van der Waals surface area (Å²) < 4.78 is 1.99. The molecule has 0 saturated carbocycles. The molecule has 8 heteroatoms. The van der Waals surface area contributed by atoms with Gasteiger partial charge in [0.05, 0.1) is 5.75 Å². The molecule has 1 aliphatic rings. The topological polar surface area (TPSA) is 59.8 Å². The third-order valence-electron chi connectivity index (χ3n) is 5.01. The third-order valence-corrected chi connectivity index (χ3v) is 7.53. The number of nitrogens with zero attached hydrogens (tertiary/aromatic N) is 3. The van der Waals surface area contributed by atoms with Crippen molar-refractivity contribution in [2.45, 2.75) is 37.8 Å². The van der Waals surface area contributed by atoms with Crippen LogP contribution in [-0.2, 0) is 24.7 Å². The smallest absolute Gasteiger partial charge is 0.234 e. The predicted octanol–water partition coefficient (Wildman–Crippen LogP) is 5.12. The number of thioether (sulfide) groups is 1. The fourth-order valence-electron chi connectivity index (χ4n) is 3.42. The van der Waals surface area contributed by atoms with Crippen LogP contribution in [0.2, 0.25) is 5.02 Å².